The normalized spacial score (nSPS) is 13.4. The second kappa shape index (κ2) is 6.00. The monoisotopic (exact) mass is 314 g/mol. The molecule has 1 aromatic heterocycles. The maximum atomic E-state index is 13.3. The third-order valence-electron chi connectivity index (χ3n) is 3.46. The lowest BCUT2D eigenvalue weighted by Gasteiger charge is -2.13. The molecule has 2 N–H and O–H groups in total. The highest BCUT2D eigenvalue weighted by molar-refractivity contribution is 5.92. The van der Waals surface area contributed by atoms with Gasteiger partial charge in [0.25, 0.3) is 0 Å². The lowest BCUT2D eigenvalue weighted by atomic mass is 10.0. The van der Waals surface area contributed by atoms with Crippen LogP contribution in [0.3, 0.4) is 0 Å². The van der Waals surface area contributed by atoms with Gasteiger partial charge >= 0.3 is 12.1 Å². The number of rotatable bonds is 4. The minimum absolute atomic E-state index is 0.0441. The molecule has 1 aromatic carbocycles. The van der Waals surface area contributed by atoms with Crippen LogP contribution in [0.4, 0.5) is 13.2 Å². The number of alkyl halides is 3. The van der Waals surface area contributed by atoms with Crippen molar-refractivity contribution >= 4 is 16.9 Å². The van der Waals surface area contributed by atoms with Gasteiger partial charge in [-0.2, -0.15) is 13.2 Å². The van der Waals surface area contributed by atoms with E-state index >= 15 is 0 Å². The molecule has 2 aromatic rings. The Bertz CT molecular complexity index is 692. The number of halogens is 3. The first-order valence-electron chi connectivity index (χ1n) is 6.92. The Kier molecular flexibility index (Phi) is 4.46. The van der Waals surface area contributed by atoms with E-state index in [2.05, 4.69) is 0 Å². The number of carbonyl (C=O) groups is 1. The molecule has 0 aliphatic carbocycles. The van der Waals surface area contributed by atoms with Gasteiger partial charge in [-0.25, -0.2) is 4.79 Å². The fourth-order valence-electron chi connectivity index (χ4n) is 2.48. The number of hydrogen-bond donors (Lipinski definition) is 1. The van der Waals surface area contributed by atoms with Crippen molar-refractivity contribution < 1.29 is 22.7 Å². The summed E-state index contributed by atoms with van der Waals surface area (Å²) in [5.41, 5.74) is 5.54. The summed E-state index contributed by atoms with van der Waals surface area (Å²) >= 11 is 0. The average molecular weight is 314 g/mol. The highest BCUT2D eigenvalue weighted by atomic mass is 19.4. The predicted molar refractivity (Wildman–Crippen MR) is 76.2 cm³/mol. The fraction of sp³-hybridized carbons (Fsp3) is 0.400. The highest BCUT2D eigenvalue weighted by Crippen LogP contribution is 2.38. The molecule has 7 heteroatoms. The zero-order valence-corrected chi connectivity index (χ0v) is 12.3. The van der Waals surface area contributed by atoms with Gasteiger partial charge in [-0.05, 0) is 26.0 Å². The minimum atomic E-state index is -4.53. The molecular weight excluding hydrogens is 297 g/mol. The number of ether oxygens (including phenoxy) is 1. The first-order chi connectivity index (χ1) is 10.3. The van der Waals surface area contributed by atoms with Gasteiger partial charge in [-0.15, -0.1) is 0 Å². The van der Waals surface area contributed by atoms with Crippen molar-refractivity contribution in [3.05, 3.63) is 35.5 Å². The third-order valence-corrected chi connectivity index (χ3v) is 3.46. The van der Waals surface area contributed by atoms with Gasteiger partial charge in [0.2, 0.25) is 0 Å². The largest absolute Gasteiger partial charge is 0.465 e. The fourth-order valence-corrected chi connectivity index (χ4v) is 2.48. The van der Waals surface area contributed by atoms with Crippen LogP contribution in [0.5, 0.6) is 0 Å². The Morgan fingerprint density at radius 2 is 2.05 bits per heavy atom. The molecule has 1 atom stereocenters. The number of aromatic nitrogens is 1. The van der Waals surface area contributed by atoms with Gasteiger partial charge in [0.1, 0.15) is 6.04 Å². The predicted octanol–water partition coefficient (Wildman–Crippen LogP) is 3.24. The van der Waals surface area contributed by atoms with E-state index in [0.717, 1.165) is 6.07 Å². The summed E-state index contributed by atoms with van der Waals surface area (Å²) in [6.07, 6.45) is -3.04. The van der Waals surface area contributed by atoms with Crippen LogP contribution in [0.1, 0.15) is 31.0 Å². The summed E-state index contributed by atoms with van der Waals surface area (Å²) in [5.74, 6) is -0.741. The molecule has 0 bridgehead atoms. The smallest absolute Gasteiger partial charge is 0.417 e. The molecule has 120 valence electrons. The number of benzene rings is 1. The second-order valence-electron chi connectivity index (χ2n) is 4.80. The van der Waals surface area contributed by atoms with E-state index in [1.54, 1.807) is 24.5 Å². The number of aryl methyl sites for hydroxylation is 1. The van der Waals surface area contributed by atoms with Crippen molar-refractivity contribution in [2.24, 2.45) is 5.73 Å². The molecular formula is C15H17F3N2O2. The summed E-state index contributed by atoms with van der Waals surface area (Å²) in [6, 6.07) is 2.66. The van der Waals surface area contributed by atoms with Gasteiger partial charge in [-0.1, -0.05) is 6.07 Å². The van der Waals surface area contributed by atoms with E-state index < -0.39 is 23.8 Å². The zero-order chi connectivity index (χ0) is 16.5. The molecule has 0 spiro atoms. The number of carbonyl (C=O) groups excluding carboxylic acids is 1. The number of esters is 1. The number of nitrogens with two attached hydrogens (primary N) is 1. The summed E-state index contributed by atoms with van der Waals surface area (Å²) in [6.45, 7) is 4.00. The third kappa shape index (κ3) is 2.81. The van der Waals surface area contributed by atoms with Crippen LogP contribution in [0.25, 0.3) is 10.9 Å². The molecule has 0 aliphatic heterocycles. The van der Waals surface area contributed by atoms with Crippen molar-refractivity contribution in [2.75, 3.05) is 6.61 Å². The van der Waals surface area contributed by atoms with Crippen LogP contribution in [0, 0.1) is 0 Å². The van der Waals surface area contributed by atoms with Crippen LogP contribution in [-0.2, 0) is 22.3 Å². The summed E-state index contributed by atoms with van der Waals surface area (Å²) in [4.78, 5) is 11.8. The van der Waals surface area contributed by atoms with Gasteiger partial charge in [0.05, 0.1) is 12.2 Å². The van der Waals surface area contributed by atoms with E-state index in [4.69, 9.17) is 10.5 Å². The Morgan fingerprint density at radius 3 is 2.59 bits per heavy atom. The van der Waals surface area contributed by atoms with Crippen LogP contribution >= 0.6 is 0 Å². The molecule has 0 aliphatic rings. The first kappa shape index (κ1) is 16.4. The second-order valence-corrected chi connectivity index (χ2v) is 4.80. The summed E-state index contributed by atoms with van der Waals surface area (Å²) in [5, 5.41) is -0.0441. The Labute approximate surface area is 125 Å². The topological polar surface area (TPSA) is 57.2 Å². The maximum absolute atomic E-state index is 13.3. The molecule has 2 rings (SSSR count). The van der Waals surface area contributed by atoms with Crippen molar-refractivity contribution in [1.29, 1.82) is 0 Å². The van der Waals surface area contributed by atoms with E-state index in [9.17, 15) is 18.0 Å². The van der Waals surface area contributed by atoms with E-state index in [-0.39, 0.29) is 17.6 Å². The van der Waals surface area contributed by atoms with Crippen LogP contribution in [0.15, 0.2) is 24.4 Å². The molecule has 0 fully saturated rings. The lowest BCUT2D eigenvalue weighted by molar-refractivity contribution is -0.145. The molecule has 0 saturated carbocycles. The zero-order valence-electron chi connectivity index (χ0n) is 12.3. The van der Waals surface area contributed by atoms with Gasteiger partial charge in [-0.3, -0.25) is 0 Å². The van der Waals surface area contributed by atoms with Crippen molar-refractivity contribution in [3.63, 3.8) is 0 Å². The van der Waals surface area contributed by atoms with Crippen molar-refractivity contribution in [1.82, 2.24) is 4.57 Å². The van der Waals surface area contributed by atoms with Crippen molar-refractivity contribution in [2.45, 2.75) is 32.6 Å². The maximum Gasteiger partial charge on any atom is 0.417 e. The summed E-state index contributed by atoms with van der Waals surface area (Å²) < 4.78 is 46.2. The molecule has 0 saturated heterocycles. The van der Waals surface area contributed by atoms with Crippen molar-refractivity contribution in [3.8, 4) is 0 Å². The minimum Gasteiger partial charge on any atom is -0.465 e. The number of nitrogens with zero attached hydrogens (tertiary/aromatic N) is 1. The number of hydrogen-bond acceptors (Lipinski definition) is 3. The van der Waals surface area contributed by atoms with E-state index in [1.807, 2.05) is 0 Å². The quantitative estimate of drug-likeness (QED) is 0.881. The molecule has 0 radical (unpaired) electrons. The molecule has 1 unspecified atom stereocenters. The highest BCUT2D eigenvalue weighted by Gasteiger charge is 2.35. The molecule has 1 heterocycles. The molecule has 22 heavy (non-hydrogen) atoms. The SMILES string of the molecule is CCOC(=O)C(N)c1cn(CC)c2cccc(C(F)(F)F)c12. The Hall–Kier alpha value is -2.02. The number of fused-ring (bicyclic) bond motifs is 1. The van der Waals surface area contributed by atoms with Crippen LogP contribution < -0.4 is 5.73 Å². The van der Waals surface area contributed by atoms with E-state index in [1.165, 1.54) is 12.3 Å². The summed E-state index contributed by atoms with van der Waals surface area (Å²) in [7, 11) is 0. The van der Waals surface area contributed by atoms with Gasteiger partial charge in [0.15, 0.2) is 0 Å². The molecule has 4 nitrogen and oxygen atoms in total. The Balaban J connectivity index is 2.71. The van der Waals surface area contributed by atoms with Crippen LogP contribution in [-0.4, -0.2) is 17.1 Å². The lowest BCUT2D eigenvalue weighted by Crippen LogP contribution is -2.24. The first-order valence-corrected chi connectivity index (χ1v) is 6.92. The van der Waals surface area contributed by atoms with Crippen LogP contribution in [0.2, 0.25) is 0 Å². The Morgan fingerprint density at radius 1 is 1.36 bits per heavy atom. The van der Waals surface area contributed by atoms with Gasteiger partial charge in [0, 0.05) is 29.2 Å². The average Bonchev–Trinajstić information content (AvgIpc) is 2.84. The standard InChI is InChI=1S/C15H17F3N2O2/c1-3-20-8-9(13(19)14(21)22-4-2)12-10(15(16,17)18)6-5-7-11(12)20/h5-8,13H,3-4,19H2,1-2H3. The molecule has 0 amide bonds. The van der Waals surface area contributed by atoms with Gasteiger partial charge < -0.3 is 15.0 Å². The van der Waals surface area contributed by atoms with E-state index in [0.29, 0.717) is 12.1 Å².